The van der Waals surface area contributed by atoms with E-state index in [0.717, 1.165) is 0 Å². The Labute approximate surface area is 45.7 Å². The molecule has 0 radical (unpaired) electrons. The van der Waals surface area contributed by atoms with Crippen LogP contribution >= 0.6 is 9.35 Å². The lowest BCUT2D eigenvalue weighted by atomic mass is 10.5. The molecule has 7 heavy (non-hydrogen) atoms. The summed E-state index contributed by atoms with van der Waals surface area (Å²) in [7, 11) is -1.40. The molecule has 2 N–H and O–H groups in total. The maximum absolute atomic E-state index is 6.00. The van der Waals surface area contributed by atoms with Crippen molar-refractivity contribution < 1.29 is 0 Å². The highest BCUT2D eigenvalue weighted by atomic mass is 32.3. The van der Waals surface area contributed by atoms with Gasteiger partial charge in [0, 0.05) is 0 Å². The van der Waals surface area contributed by atoms with Gasteiger partial charge in [0.05, 0.1) is 0 Å². The van der Waals surface area contributed by atoms with Crippen LogP contribution in [-0.4, -0.2) is 24.0 Å². The summed E-state index contributed by atoms with van der Waals surface area (Å²) in [4.78, 5) is 0. The van der Waals surface area contributed by atoms with Crippen molar-refractivity contribution in [2.75, 3.05) is 24.0 Å². The van der Waals surface area contributed by atoms with E-state index in [2.05, 4.69) is 12.5 Å². The third kappa shape index (κ3) is 1.10. The minimum absolute atomic E-state index is 1.32. The van der Waals surface area contributed by atoms with Gasteiger partial charge in [0.15, 0.2) is 0 Å². The zero-order chi connectivity index (χ0) is 5.57. The van der Waals surface area contributed by atoms with Crippen LogP contribution in [-0.2, 0) is 0 Å². The first-order chi connectivity index (χ1) is 2.97. The second kappa shape index (κ2) is 1.00. The number of thiol groups is 1. The highest BCUT2D eigenvalue weighted by molar-refractivity contribution is 8.47. The molecule has 0 amide bonds. The van der Waals surface area contributed by atoms with Gasteiger partial charge in [-0.15, -0.1) is 0 Å². The largest absolute Gasteiger partial charge is 0.310 e. The Hall–Kier alpha value is 0.310. The molecule has 1 rings (SSSR count). The molecule has 46 valence electrons. The first-order valence-electron chi connectivity index (χ1n) is 2.79. The predicted octanol–water partition coefficient (Wildman–Crippen LogP) is 0.596. The maximum atomic E-state index is 6.00. The van der Waals surface area contributed by atoms with Gasteiger partial charge in [-0.2, -0.15) is 0 Å². The van der Waals surface area contributed by atoms with Crippen LogP contribution in [0.15, 0.2) is 0 Å². The van der Waals surface area contributed by atoms with Gasteiger partial charge in [0.2, 0.25) is 0 Å². The van der Waals surface area contributed by atoms with Gasteiger partial charge in [-0.05, 0) is 30.4 Å². The molecule has 0 aromatic carbocycles. The molecule has 0 aromatic heterocycles. The van der Waals surface area contributed by atoms with E-state index in [1.165, 1.54) is 17.9 Å². The summed E-state index contributed by atoms with van der Waals surface area (Å²) in [6.45, 7) is 0. The van der Waals surface area contributed by atoms with Crippen LogP contribution in [0.3, 0.4) is 0 Å². The van der Waals surface area contributed by atoms with Crippen LogP contribution in [0.25, 0.3) is 0 Å². The fourth-order valence-electron chi connectivity index (χ4n) is 0.973. The third-order valence-electron chi connectivity index (χ3n) is 1.79. The number of hydrogen-bond acceptors (Lipinski definition) is 1. The van der Waals surface area contributed by atoms with Crippen LogP contribution in [0.1, 0.15) is 6.42 Å². The minimum Gasteiger partial charge on any atom is -0.310 e. The predicted molar refractivity (Wildman–Crippen MR) is 39.4 cm³/mol. The smallest absolute Gasteiger partial charge is 0.0261 e. The molecule has 0 aliphatic carbocycles. The molecule has 1 fully saturated rings. The summed E-state index contributed by atoms with van der Waals surface area (Å²) in [5.74, 6) is 2.65. The van der Waals surface area contributed by atoms with Gasteiger partial charge in [0.1, 0.15) is 0 Å². The Morgan fingerprint density at radius 1 is 1.29 bits per heavy atom. The van der Waals surface area contributed by atoms with Crippen LogP contribution < -0.4 is 5.14 Å². The van der Waals surface area contributed by atoms with Crippen molar-refractivity contribution in [1.82, 2.24) is 0 Å². The highest BCUT2D eigenvalue weighted by Crippen LogP contribution is 2.62. The Kier molecular flexibility index (Phi) is 0.781. The van der Waals surface area contributed by atoms with E-state index >= 15 is 0 Å². The van der Waals surface area contributed by atoms with E-state index in [-0.39, 0.29) is 0 Å². The van der Waals surface area contributed by atoms with Crippen LogP contribution in [0.4, 0.5) is 0 Å². The molecule has 0 unspecified atom stereocenters. The van der Waals surface area contributed by atoms with Crippen LogP contribution in [0.2, 0.25) is 0 Å². The molecule has 0 bridgehead atoms. The van der Waals surface area contributed by atoms with Crippen molar-refractivity contribution in [2.24, 2.45) is 5.14 Å². The van der Waals surface area contributed by atoms with Crippen molar-refractivity contribution in [3.05, 3.63) is 0 Å². The molecule has 1 heterocycles. The average Bonchev–Trinajstić information content (AvgIpc) is 1.30. The van der Waals surface area contributed by atoms with Crippen molar-refractivity contribution in [2.45, 2.75) is 6.42 Å². The summed E-state index contributed by atoms with van der Waals surface area (Å²) >= 11 is 0. The maximum Gasteiger partial charge on any atom is -0.0261 e. The molecule has 0 saturated carbocycles. The molecule has 0 aromatic rings. The summed E-state index contributed by atoms with van der Waals surface area (Å²) in [6.07, 6.45) is 5.89. The van der Waals surface area contributed by atoms with Crippen molar-refractivity contribution in [3.8, 4) is 0 Å². The topological polar surface area (TPSA) is 26.0 Å². The van der Waals surface area contributed by atoms with E-state index in [1.807, 2.05) is 0 Å². The number of nitrogens with two attached hydrogens (primary N) is 1. The second-order valence-corrected chi connectivity index (χ2v) is 10.1. The summed E-state index contributed by atoms with van der Waals surface area (Å²) < 4.78 is 0. The van der Waals surface area contributed by atoms with Gasteiger partial charge < -0.3 is 5.14 Å². The minimum atomic E-state index is -1.40. The number of rotatable bonds is 0. The van der Waals surface area contributed by atoms with E-state index in [9.17, 15) is 0 Å². The van der Waals surface area contributed by atoms with Gasteiger partial charge in [-0.1, -0.05) is 0 Å². The van der Waals surface area contributed by atoms with E-state index in [1.54, 1.807) is 0 Å². The van der Waals surface area contributed by atoms with Crippen molar-refractivity contribution >= 4 is 9.35 Å². The molecule has 0 spiro atoms. The Morgan fingerprint density at radius 2 is 1.57 bits per heavy atom. The fourth-order valence-corrected chi connectivity index (χ4v) is 2.92. The molecule has 1 aliphatic rings. The fraction of sp³-hybridized carbons (Fsp3) is 1.00. The summed E-state index contributed by atoms with van der Waals surface area (Å²) in [6, 6.07) is 0. The number of hydrogen-bond donors (Lipinski definition) is 2. The SMILES string of the molecule is C[SH]1(C)(N)CCC1. The zero-order valence-electron chi connectivity index (χ0n) is 5.15. The van der Waals surface area contributed by atoms with Gasteiger partial charge in [-0.25, -0.2) is 0 Å². The normalized spacial score (nSPS) is 40.1. The van der Waals surface area contributed by atoms with E-state index < -0.39 is 9.35 Å². The van der Waals surface area contributed by atoms with E-state index in [0.29, 0.717) is 0 Å². The molecule has 2 heteroatoms. The molecule has 1 saturated heterocycles. The molecule has 1 aliphatic heterocycles. The highest BCUT2D eigenvalue weighted by Gasteiger charge is 2.32. The lowest BCUT2D eigenvalue weighted by Crippen LogP contribution is -2.40. The first kappa shape index (κ1) is 5.45. The Balaban J connectivity index is 2.60. The average molecular weight is 121 g/mol. The van der Waals surface area contributed by atoms with Crippen molar-refractivity contribution in [3.63, 3.8) is 0 Å². The summed E-state index contributed by atoms with van der Waals surface area (Å²) in [5, 5.41) is 6.00. The van der Waals surface area contributed by atoms with Crippen LogP contribution in [0, 0.1) is 0 Å². The molecular weight excluding hydrogens is 106 g/mol. The Morgan fingerprint density at radius 3 is 1.57 bits per heavy atom. The monoisotopic (exact) mass is 121 g/mol. The molecule has 1 nitrogen and oxygen atoms in total. The quantitative estimate of drug-likeness (QED) is 0.451. The van der Waals surface area contributed by atoms with Gasteiger partial charge >= 0.3 is 0 Å². The lowest BCUT2D eigenvalue weighted by molar-refractivity contribution is 0.998. The van der Waals surface area contributed by atoms with Gasteiger partial charge in [0.25, 0.3) is 0 Å². The first-order valence-corrected chi connectivity index (χ1v) is 6.36. The molecular formula is C5H15NS. The van der Waals surface area contributed by atoms with Gasteiger partial charge in [-0.3, -0.25) is 9.35 Å². The Bertz CT molecular complexity index is 82.0. The summed E-state index contributed by atoms with van der Waals surface area (Å²) in [5.41, 5.74) is 0. The lowest BCUT2D eigenvalue weighted by Gasteiger charge is -2.59. The zero-order valence-corrected chi connectivity index (χ0v) is 6.04. The molecule has 0 atom stereocenters. The van der Waals surface area contributed by atoms with Crippen LogP contribution in [0.5, 0.6) is 0 Å². The third-order valence-corrected chi connectivity index (χ3v) is 5.36. The second-order valence-electron chi connectivity index (χ2n) is 3.62. The van der Waals surface area contributed by atoms with E-state index in [4.69, 9.17) is 5.14 Å². The van der Waals surface area contributed by atoms with Crippen molar-refractivity contribution in [1.29, 1.82) is 0 Å². The standard InChI is InChI=1S/C5H15NS/c1-7(2,6)4-3-5-7/h7H,3-6H2,1-2H3.